The number of carbonyl (C=O) groups is 2. The number of hydrogen-bond acceptors (Lipinski definition) is 7. The lowest BCUT2D eigenvalue weighted by atomic mass is 10.0. The van der Waals surface area contributed by atoms with Crippen molar-refractivity contribution in [1.82, 2.24) is 0 Å². The van der Waals surface area contributed by atoms with Crippen molar-refractivity contribution in [2.24, 2.45) is 0 Å². The standard InChI is InChI=1S/C68H136NO8P/c1-6-8-10-12-14-16-18-20-21-22-23-24-25-26-27-28-29-30-31-32-33-34-35-36-37-38-39-40-41-42-43-44-45-46-47-49-51-53-55-57-59-61-68(71)77-66(65-76-78(72,73)75-63-62-69(3,4)5)64-74-67(70)60-58-56-54-52-50-48-19-17-15-13-11-9-7-2/h66H,6-65H2,1-5H3/p+1. The highest BCUT2D eigenvalue weighted by molar-refractivity contribution is 7.47. The van der Waals surface area contributed by atoms with Crippen LogP contribution in [0, 0.1) is 0 Å². The molecule has 10 heteroatoms. The van der Waals surface area contributed by atoms with Gasteiger partial charge >= 0.3 is 19.8 Å². The Labute approximate surface area is 486 Å². The minimum absolute atomic E-state index is 0.0374. The van der Waals surface area contributed by atoms with Gasteiger partial charge in [0.25, 0.3) is 0 Å². The Kier molecular flexibility index (Phi) is 59.8. The van der Waals surface area contributed by atoms with E-state index in [0.29, 0.717) is 17.4 Å². The number of rotatable bonds is 66. The SMILES string of the molecule is CCCCCCCCCCCCCCCCCCCCCCCCCCCCCCCCCCCCCCCCCCCC(=O)OC(COC(=O)CCCCCCCCCCCCCCC)COP(=O)(O)OCC[N+](C)(C)C. The van der Waals surface area contributed by atoms with Gasteiger partial charge in [-0.3, -0.25) is 18.6 Å². The highest BCUT2D eigenvalue weighted by Gasteiger charge is 2.27. The van der Waals surface area contributed by atoms with E-state index < -0.39 is 26.5 Å². The molecule has 2 unspecified atom stereocenters. The number of phosphoric acid groups is 1. The largest absolute Gasteiger partial charge is 0.472 e. The summed E-state index contributed by atoms with van der Waals surface area (Å²) < 4.78 is 34.6. The van der Waals surface area contributed by atoms with Gasteiger partial charge in [0.2, 0.25) is 0 Å². The molecule has 0 radical (unpaired) electrons. The van der Waals surface area contributed by atoms with Crippen LogP contribution in [-0.2, 0) is 32.7 Å². The fraction of sp³-hybridized carbons (Fsp3) is 0.971. The highest BCUT2D eigenvalue weighted by atomic mass is 31.2. The number of hydrogen-bond donors (Lipinski definition) is 1. The fourth-order valence-electron chi connectivity index (χ4n) is 10.8. The number of unbranched alkanes of at least 4 members (excludes halogenated alkanes) is 52. The zero-order chi connectivity index (χ0) is 57.0. The molecule has 0 aromatic rings. The summed E-state index contributed by atoms with van der Waals surface area (Å²) in [6.45, 7) is 4.50. The maximum absolute atomic E-state index is 12.8. The molecule has 0 amide bonds. The summed E-state index contributed by atoms with van der Waals surface area (Å²) in [6.07, 6.45) is 72.5. The van der Waals surface area contributed by atoms with Crippen LogP contribution in [0.5, 0.6) is 0 Å². The van der Waals surface area contributed by atoms with Crippen molar-refractivity contribution in [2.45, 2.75) is 380 Å². The van der Waals surface area contributed by atoms with Crippen molar-refractivity contribution in [3.8, 4) is 0 Å². The van der Waals surface area contributed by atoms with Gasteiger partial charge in [-0.2, -0.15) is 0 Å². The molecule has 0 fully saturated rings. The molecule has 0 aliphatic carbocycles. The smallest absolute Gasteiger partial charge is 0.462 e. The molecule has 0 aromatic carbocycles. The summed E-state index contributed by atoms with van der Waals surface area (Å²) in [5.41, 5.74) is 0. The van der Waals surface area contributed by atoms with Crippen LogP contribution >= 0.6 is 7.82 Å². The molecule has 0 bridgehead atoms. The van der Waals surface area contributed by atoms with Crippen molar-refractivity contribution in [3.63, 3.8) is 0 Å². The number of likely N-dealkylation sites (N-methyl/N-ethyl adjacent to an activating group) is 1. The molecule has 0 aliphatic rings. The predicted molar refractivity (Wildman–Crippen MR) is 335 cm³/mol. The highest BCUT2D eigenvalue weighted by Crippen LogP contribution is 2.43. The average Bonchev–Trinajstić information content (AvgIpc) is 3.40. The van der Waals surface area contributed by atoms with Gasteiger partial charge in [0, 0.05) is 12.8 Å². The number of quaternary nitrogens is 1. The number of esters is 2. The Morgan fingerprint density at radius 2 is 0.577 bits per heavy atom. The van der Waals surface area contributed by atoms with Crippen LogP contribution in [0.4, 0.5) is 0 Å². The number of ether oxygens (including phenoxy) is 2. The summed E-state index contributed by atoms with van der Waals surface area (Å²) in [4.78, 5) is 35.7. The number of phosphoric ester groups is 1. The van der Waals surface area contributed by atoms with E-state index in [1.807, 2.05) is 21.1 Å². The Balaban J connectivity index is 3.78. The van der Waals surface area contributed by atoms with Gasteiger partial charge < -0.3 is 18.9 Å². The first-order valence-electron chi connectivity index (χ1n) is 34.8. The minimum atomic E-state index is -4.38. The Bertz CT molecular complexity index is 1280. The van der Waals surface area contributed by atoms with Gasteiger partial charge in [0.15, 0.2) is 6.10 Å². The third kappa shape index (κ3) is 64.2. The molecule has 1 N–H and O–H groups in total. The van der Waals surface area contributed by atoms with E-state index in [9.17, 15) is 19.0 Å². The Morgan fingerprint density at radius 1 is 0.346 bits per heavy atom. The van der Waals surface area contributed by atoms with Gasteiger partial charge in [0.1, 0.15) is 19.8 Å². The third-order valence-electron chi connectivity index (χ3n) is 16.1. The normalized spacial score (nSPS) is 13.1. The molecular weight excluding hydrogens is 990 g/mol. The monoisotopic (exact) mass is 1130 g/mol. The first-order valence-corrected chi connectivity index (χ1v) is 36.3. The fourth-order valence-corrected chi connectivity index (χ4v) is 11.5. The Morgan fingerprint density at radius 3 is 0.821 bits per heavy atom. The van der Waals surface area contributed by atoms with Gasteiger partial charge in [0.05, 0.1) is 27.7 Å². The van der Waals surface area contributed by atoms with E-state index in [2.05, 4.69) is 13.8 Å². The van der Waals surface area contributed by atoms with Crippen molar-refractivity contribution in [1.29, 1.82) is 0 Å². The molecule has 0 aromatic heterocycles. The maximum atomic E-state index is 12.8. The average molecular weight is 1130 g/mol. The lowest BCUT2D eigenvalue weighted by Gasteiger charge is -2.24. The molecule has 0 heterocycles. The first-order chi connectivity index (χ1) is 38.0. The lowest BCUT2D eigenvalue weighted by molar-refractivity contribution is -0.870. The van der Waals surface area contributed by atoms with Crippen LogP contribution in [0.3, 0.4) is 0 Å². The first kappa shape index (κ1) is 77.0. The van der Waals surface area contributed by atoms with Gasteiger partial charge in [-0.25, -0.2) is 4.57 Å². The quantitative estimate of drug-likeness (QED) is 0.0278. The maximum Gasteiger partial charge on any atom is 0.472 e. The van der Waals surface area contributed by atoms with Crippen LogP contribution in [0.25, 0.3) is 0 Å². The van der Waals surface area contributed by atoms with E-state index in [1.54, 1.807) is 0 Å². The second-order valence-corrected chi connectivity index (χ2v) is 26.7. The van der Waals surface area contributed by atoms with Gasteiger partial charge in [-0.15, -0.1) is 0 Å². The molecule has 466 valence electrons. The van der Waals surface area contributed by atoms with Crippen LogP contribution in [0.1, 0.15) is 373 Å². The van der Waals surface area contributed by atoms with Crippen LogP contribution in [-0.4, -0.2) is 74.9 Å². The zero-order valence-corrected chi connectivity index (χ0v) is 54.1. The van der Waals surface area contributed by atoms with Crippen molar-refractivity contribution in [3.05, 3.63) is 0 Å². The topological polar surface area (TPSA) is 108 Å². The van der Waals surface area contributed by atoms with Crippen LogP contribution in [0.15, 0.2) is 0 Å². The summed E-state index contributed by atoms with van der Waals surface area (Å²) in [5, 5.41) is 0. The lowest BCUT2D eigenvalue weighted by Crippen LogP contribution is -2.37. The van der Waals surface area contributed by atoms with Crippen LogP contribution in [0.2, 0.25) is 0 Å². The van der Waals surface area contributed by atoms with Crippen molar-refractivity contribution < 1.29 is 42.1 Å². The van der Waals surface area contributed by atoms with E-state index in [-0.39, 0.29) is 25.6 Å². The second kappa shape index (κ2) is 60.6. The number of nitrogens with zero attached hydrogens (tertiary/aromatic N) is 1. The van der Waals surface area contributed by atoms with E-state index in [4.69, 9.17) is 18.5 Å². The zero-order valence-electron chi connectivity index (χ0n) is 53.2. The molecule has 2 atom stereocenters. The van der Waals surface area contributed by atoms with E-state index in [0.717, 1.165) is 38.5 Å². The predicted octanol–water partition coefficient (Wildman–Crippen LogP) is 22.2. The van der Waals surface area contributed by atoms with Crippen molar-refractivity contribution >= 4 is 19.8 Å². The minimum Gasteiger partial charge on any atom is -0.462 e. The third-order valence-corrected chi connectivity index (χ3v) is 17.1. The second-order valence-electron chi connectivity index (χ2n) is 25.3. The molecule has 0 aliphatic heterocycles. The molecule has 78 heavy (non-hydrogen) atoms. The summed E-state index contributed by atoms with van der Waals surface area (Å²) >= 11 is 0. The molecule has 0 rings (SSSR count). The molecule has 9 nitrogen and oxygen atoms in total. The summed E-state index contributed by atoms with van der Waals surface area (Å²) in [6, 6.07) is 0. The van der Waals surface area contributed by atoms with Gasteiger partial charge in [-0.05, 0) is 12.8 Å². The Hall–Kier alpha value is -0.990. The van der Waals surface area contributed by atoms with Crippen LogP contribution < -0.4 is 0 Å². The van der Waals surface area contributed by atoms with E-state index in [1.165, 1.54) is 308 Å². The summed E-state index contributed by atoms with van der Waals surface area (Å²) in [7, 11) is 1.50. The van der Waals surface area contributed by atoms with Crippen molar-refractivity contribution in [2.75, 3.05) is 47.5 Å². The molecule has 0 spiro atoms. The molecular formula is C68H137NO8P+. The number of carbonyl (C=O) groups excluding carboxylic acids is 2. The molecule has 0 saturated heterocycles. The molecule has 0 saturated carbocycles. The van der Waals surface area contributed by atoms with E-state index >= 15 is 0 Å². The summed E-state index contributed by atoms with van der Waals surface area (Å²) in [5.74, 6) is -0.774. The van der Waals surface area contributed by atoms with Gasteiger partial charge in [-0.1, -0.05) is 348 Å².